The fourth-order valence-corrected chi connectivity index (χ4v) is 17.6. The predicted molar refractivity (Wildman–Crippen MR) is 368 cm³/mol. The molecule has 6 aromatic rings. The number of Topliss-reactive ketones (excluding diaryl/α,β-unsaturated/α-hetero) is 1. The molecule has 0 radical (unpaired) electrons. The number of hydrogen-bond acceptors (Lipinski definition) is 16. The topological polar surface area (TPSA) is 336 Å². The quantitative estimate of drug-likeness (QED) is 0.0125. The number of urea groups is 1. The molecule has 5 heterocycles. The Kier molecular flexibility index (Phi) is 20.8. The largest absolute Gasteiger partial charge is 0.476 e. The number of primary amides is 1. The van der Waals surface area contributed by atoms with E-state index in [-0.39, 0.29) is 115 Å². The molecule has 4 bridgehead atoms. The van der Waals surface area contributed by atoms with Gasteiger partial charge in [-0.2, -0.15) is 5.10 Å². The van der Waals surface area contributed by atoms with Gasteiger partial charge in [0.2, 0.25) is 17.7 Å². The number of para-hydroxylation sites is 1. The van der Waals surface area contributed by atoms with Gasteiger partial charge in [0.1, 0.15) is 12.4 Å². The number of amides is 8. The van der Waals surface area contributed by atoms with Gasteiger partial charge in [0.25, 0.3) is 17.7 Å². The molecule has 25 heteroatoms. The van der Waals surface area contributed by atoms with Crippen LogP contribution in [0.5, 0.6) is 0 Å². The molecule has 4 aliphatic carbocycles. The summed E-state index contributed by atoms with van der Waals surface area (Å²) in [7, 11) is 0. The minimum Gasteiger partial charge on any atom is -0.476 e. The van der Waals surface area contributed by atoms with Crippen molar-refractivity contribution in [2.24, 2.45) is 33.8 Å². The van der Waals surface area contributed by atoms with Gasteiger partial charge in [0.15, 0.2) is 16.6 Å². The van der Waals surface area contributed by atoms with Crippen molar-refractivity contribution in [1.82, 2.24) is 40.6 Å². The number of anilines is 3. The van der Waals surface area contributed by atoms with Gasteiger partial charge in [-0.3, -0.25) is 53.3 Å². The molecule has 3 aromatic carbocycles. The minimum absolute atomic E-state index is 0.0684. The van der Waals surface area contributed by atoms with Crippen LogP contribution in [0.3, 0.4) is 0 Å². The van der Waals surface area contributed by atoms with E-state index in [4.69, 9.17) is 20.6 Å². The Balaban J connectivity index is 0.665. The highest BCUT2D eigenvalue weighted by atomic mass is 32.1. The minimum atomic E-state index is -1.17. The molecule has 12 rings (SSSR count). The van der Waals surface area contributed by atoms with Gasteiger partial charge in [-0.1, -0.05) is 81.9 Å². The lowest BCUT2D eigenvalue weighted by Gasteiger charge is -2.69. The maximum absolute atomic E-state index is 14.0. The summed E-state index contributed by atoms with van der Waals surface area (Å²) in [4.78, 5) is 142. The van der Waals surface area contributed by atoms with Crippen molar-refractivity contribution >= 4 is 97.4 Å². The Hall–Kier alpha value is -9.65. The molecule has 6 aliphatic rings. The number of nitrogens with zero attached hydrogens (tertiary/aromatic N) is 6. The molecule has 8 N–H and O–H groups in total. The molecule has 4 atom stereocenters. The third-order valence-corrected chi connectivity index (χ3v) is 20.9. The lowest BCUT2D eigenvalue weighted by Crippen LogP contribution is -2.68. The summed E-state index contributed by atoms with van der Waals surface area (Å²) in [5.74, 6) is -4.68. The van der Waals surface area contributed by atoms with Crippen LogP contribution in [0.25, 0.3) is 21.3 Å². The molecule has 98 heavy (non-hydrogen) atoms. The number of nitrogens with two attached hydrogens (primary N) is 1. The number of ether oxygens (including phenoxy) is 1. The van der Waals surface area contributed by atoms with Crippen LogP contribution in [0, 0.1) is 35.0 Å². The normalized spacial score (nSPS) is 21.2. The molecule has 2 aliphatic heterocycles. The first-order valence-electron chi connectivity index (χ1n) is 33.8. The fourth-order valence-electron chi connectivity index (χ4n) is 16.8. The maximum atomic E-state index is 14.0. The number of pyridine rings is 1. The number of fused-ring (bicyclic) bond motifs is 2. The maximum Gasteiger partial charge on any atom is 0.355 e. The number of aromatic nitrogens is 4. The number of hydrogen-bond donors (Lipinski definition) is 7. The van der Waals surface area contributed by atoms with Gasteiger partial charge in [0, 0.05) is 104 Å². The number of carbonyl (C=O) groups excluding carboxylic acids is 9. The molecule has 4 saturated carbocycles. The van der Waals surface area contributed by atoms with Crippen molar-refractivity contribution in [1.29, 1.82) is 0 Å². The van der Waals surface area contributed by atoms with Gasteiger partial charge in [-0.15, -0.1) is 0 Å². The van der Waals surface area contributed by atoms with E-state index in [2.05, 4.69) is 45.4 Å². The van der Waals surface area contributed by atoms with Crippen LogP contribution in [0.1, 0.15) is 167 Å². The highest BCUT2D eigenvalue weighted by Crippen LogP contribution is 2.71. The van der Waals surface area contributed by atoms with Gasteiger partial charge in [-0.25, -0.2) is 19.6 Å². The average Bonchev–Trinajstić information content (AvgIpc) is 0.744. The number of nitrogens with one attached hydrogen (secondary N) is 5. The number of thiazole rings is 1. The lowest BCUT2D eigenvalue weighted by molar-refractivity contribution is -0.175. The zero-order valence-corrected chi connectivity index (χ0v) is 56.9. The average molecular weight is 1360 g/mol. The third-order valence-electron chi connectivity index (χ3n) is 20.0. The molecule has 0 spiro atoms. The summed E-state index contributed by atoms with van der Waals surface area (Å²) in [5.41, 5.74) is 10.5. The number of carboxylic acid groups (broad SMARTS) is 1. The highest BCUT2D eigenvalue weighted by molar-refractivity contribution is 7.22. The van der Waals surface area contributed by atoms with E-state index in [0.717, 1.165) is 70.5 Å². The third kappa shape index (κ3) is 16.3. The molecule has 3 aromatic heterocycles. The van der Waals surface area contributed by atoms with Crippen molar-refractivity contribution in [3.63, 3.8) is 0 Å². The first-order valence-corrected chi connectivity index (χ1v) is 34.6. The number of aromatic carboxylic acids is 1. The fraction of sp³-hybridized carbons (Fsp3) is 0.466. The summed E-state index contributed by atoms with van der Waals surface area (Å²) in [5, 5.41) is 30.8. The Morgan fingerprint density at radius 3 is 2.23 bits per heavy atom. The van der Waals surface area contributed by atoms with Gasteiger partial charge >= 0.3 is 18.0 Å². The molecular weight excluding hydrogens is 1270 g/mol. The van der Waals surface area contributed by atoms with E-state index < -0.39 is 41.4 Å². The van der Waals surface area contributed by atoms with E-state index in [1.54, 1.807) is 56.4 Å². The van der Waals surface area contributed by atoms with Crippen LogP contribution in [0.2, 0.25) is 0 Å². The second-order valence-corrected chi connectivity index (χ2v) is 29.7. The Bertz CT molecular complexity index is 4070. The number of carboxylic acids is 1. The summed E-state index contributed by atoms with van der Waals surface area (Å²) in [6.45, 7) is 12.0. The number of esters is 1. The summed E-state index contributed by atoms with van der Waals surface area (Å²) in [6, 6.07) is 22.1. The first-order chi connectivity index (χ1) is 46.8. The smallest absolute Gasteiger partial charge is 0.355 e. The molecular formula is C73H86N12O12S. The van der Waals surface area contributed by atoms with Crippen LogP contribution in [0.4, 0.5) is 21.4 Å². The monoisotopic (exact) mass is 1350 g/mol. The Morgan fingerprint density at radius 1 is 0.776 bits per heavy atom. The van der Waals surface area contributed by atoms with E-state index in [1.807, 2.05) is 59.0 Å². The van der Waals surface area contributed by atoms with Crippen LogP contribution >= 0.6 is 11.3 Å². The second kappa shape index (κ2) is 29.2. The SMILES string of the molecule is Cc1c(-c2ccc(N3CCc4cccc(C(=O)Nc5nc6ccccc6s5)c4C3)nc2C(=O)O)cnn1CC12CC3(C)CC(C)(C1)CC(NC(=O)CCC(=O)OCc1ccc(NC(=O)[C@H](CCCNC(N)=O)CC(=O)[C@@H](NC(=O)CCCCCN4C(=O)C=CC4=O)C(C)C)cc1)(C3)C2. The standard InChI is InChI=1S/C73H86N12O12S/c1-44(2)63(80-58(87)18-7-6-10-31-84-60(89)26-27-61(84)90)55(86)33-48(14-12-30-75-68(74)96)65(92)77-49-21-19-46(20-22-49)36-97-62(91)28-25-59(88)82-73-40-70(4)37-71(5,41-73)39-72(38-70,42-73)43-85-45(3)52(34-76-85)50-23-24-57(79-64(50)67(94)95)83-32-29-47-13-11-15-51(53(47)35-83)66(93)81-69-78-54-16-8-9-17-56(54)98-69/h8-9,11,13,15-17,19-24,26-27,34,44,48,63H,6-7,10,12,14,18,25,28-33,35-43H2,1-5H3,(H,77,92)(H,80,87)(H,82,88)(H,94,95)(H3,74,75,96)(H,78,81,93)/t48-,63+,70?,71?,72?,73?/m1/s1. The molecule has 24 nitrogen and oxygen atoms in total. The Morgan fingerprint density at radius 2 is 1.52 bits per heavy atom. The number of carbonyl (C=O) groups is 10. The number of benzene rings is 3. The number of ketones is 1. The molecule has 8 amide bonds. The van der Waals surface area contributed by atoms with Crippen molar-refractivity contribution in [2.45, 2.75) is 169 Å². The van der Waals surface area contributed by atoms with Crippen LogP contribution in [-0.4, -0.2) is 120 Å². The molecule has 0 saturated heterocycles. The van der Waals surface area contributed by atoms with E-state index in [1.165, 1.54) is 23.5 Å². The van der Waals surface area contributed by atoms with E-state index >= 15 is 0 Å². The summed E-state index contributed by atoms with van der Waals surface area (Å²) < 4.78 is 8.59. The predicted octanol–water partition coefficient (Wildman–Crippen LogP) is 9.72. The van der Waals surface area contributed by atoms with Crippen LogP contribution < -0.4 is 37.2 Å². The second-order valence-electron chi connectivity index (χ2n) is 28.6. The highest BCUT2D eigenvalue weighted by Gasteiger charge is 2.66. The van der Waals surface area contributed by atoms with Crippen molar-refractivity contribution in [3.8, 4) is 11.1 Å². The summed E-state index contributed by atoms with van der Waals surface area (Å²) >= 11 is 1.41. The van der Waals surface area contributed by atoms with Gasteiger partial charge in [-0.05, 0) is 159 Å². The number of imide groups is 1. The van der Waals surface area contributed by atoms with Gasteiger partial charge in [0.05, 0.1) is 28.9 Å². The molecule has 4 fully saturated rings. The summed E-state index contributed by atoms with van der Waals surface area (Å²) in [6.07, 6.45) is 11.9. The zero-order valence-electron chi connectivity index (χ0n) is 56.1. The van der Waals surface area contributed by atoms with Crippen LogP contribution in [-0.2, 0) is 64.4 Å². The van der Waals surface area contributed by atoms with Crippen molar-refractivity contribution < 1.29 is 57.8 Å². The number of rotatable bonds is 30. The van der Waals surface area contributed by atoms with E-state index in [9.17, 15) is 53.1 Å². The van der Waals surface area contributed by atoms with Crippen molar-refractivity contribution in [2.75, 3.05) is 35.2 Å². The number of unbranched alkanes of at least 4 members (excludes halogenated alkanes) is 2. The van der Waals surface area contributed by atoms with E-state index in [0.29, 0.717) is 90.6 Å². The molecule has 516 valence electrons. The van der Waals surface area contributed by atoms with Crippen LogP contribution in [0.15, 0.2) is 97.2 Å². The van der Waals surface area contributed by atoms with Gasteiger partial charge < -0.3 is 41.7 Å². The Labute approximate surface area is 572 Å². The van der Waals surface area contributed by atoms with Crippen molar-refractivity contribution in [3.05, 3.63) is 131 Å². The zero-order chi connectivity index (χ0) is 69.7. The first kappa shape index (κ1) is 69.7. The molecule has 2 unspecified atom stereocenters. The lowest BCUT2D eigenvalue weighted by atomic mass is 9.38.